The fourth-order valence-electron chi connectivity index (χ4n) is 1.96. The molecule has 1 aliphatic heterocycles. The Labute approximate surface area is 103 Å². The van der Waals surface area contributed by atoms with Crippen LogP contribution in [0.2, 0.25) is 0 Å². The van der Waals surface area contributed by atoms with E-state index >= 15 is 0 Å². The molecular weight excluding hydrogens is 238 g/mol. The van der Waals surface area contributed by atoms with Gasteiger partial charge >= 0.3 is 0 Å². The van der Waals surface area contributed by atoms with Crippen molar-refractivity contribution in [3.63, 3.8) is 0 Å². The summed E-state index contributed by atoms with van der Waals surface area (Å²) in [6, 6.07) is 2.24. The van der Waals surface area contributed by atoms with Crippen molar-refractivity contribution in [3.8, 4) is 0 Å². The van der Waals surface area contributed by atoms with E-state index in [1.165, 1.54) is 0 Å². The Bertz CT molecular complexity index is 531. The van der Waals surface area contributed by atoms with Crippen molar-refractivity contribution >= 4 is 11.6 Å². The quantitative estimate of drug-likeness (QED) is 0.574. The van der Waals surface area contributed by atoms with Gasteiger partial charge in [0, 0.05) is 25.2 Å². The van der Waals surface area contributed by atoms with Crippen LogP contribution in [-0.4, -0.2) is 33.4 Å². The second kappa shape index (κ2) is 4.99. The van der Waals surface area contributed by atoms with Gasteiger partial charge in [-0.05, 0) is 12.8 Å². The number of hydrogen-bond acceptors (Lipinski definition) is 4. The van der Waals surface area contributed by atoms with E-state index in [1.54, 1.807) is 4.90 Å². The molecule has 0 saturated carbocycles. The second-order valence-corrected chi connectivity index (χ2v) is 4.20. The van der Waals surface area contributed by atoms with Crippen molar-refractivity contribution in [1.82, 2.24) is 9.47 Å². The fourth-order valence-corrected chi connectivity index (χ4v) is 1.96. The monoisotopic (exact) mass is 251 g/mol. The molecule has 7 nitrogen and oxygen atoms in total. The molecule has 1 aromatic rings. The van der Waals surface area contributed by atoms with Crippen molar-refractivity contribution < 1.29 is 9.72 Å². The molecule has 1 amide bonds. The van der Waals surface area contributed by atoms with Gasteiger partial charge in [0.1, 0.15) is 6.54 Å². The number of likely N-dealkylation sites (tertiary alicyclic amines) is 1. The van der Waals surface area contributed by atoms with Crippen LogP contribution in [-0.2, 0) is 11.3 Å². The number of aromatic nitrogens is 1. The summed E-state index contributed by atoms with van der Waals surface area (Å²) in [5, 5.41) is 10.6. The Morgan fingerprint density at radius 2 is 2.00 bits per heavy atom. The van der Waals surface area contributed by atoms with Gasteiger partial charge in [-0.2, -0.15) is 0 Å². The van der Waals surface area contributed by atoms with E-state index in [0.717, 1.165) is 35.7 Å². The van der Waals surface area contributed by atoms with Gasteiger partial charge in [0.2, 0.25) is 5.91 Å². The summed E-state index contributed by atoms with van der Waals surface area (Å²) in [6.07, 6.45) is 3.04. The van der Waals surface area contributed by atoms with Gasteiger partial charge in [0.25, 0.3) is 11.2 Å². The Morgan fingerprint density at radius 3 is 2.61 bits per heavy atom. The van der Waals surface area contributed by atoms with Crippen molar-refractivity contribution in [2.24, 2.45) is 0 Å². The minimum atomic E-state index is -0.587. The molecule has 0 aromatic carbocycles. The van der Waals surface area contributed by atoms with E-state index in [4.69, 9.17) is 0 Å². The van der Waals surface area contributed by atoms with Gasteiger partial charge in [-0.25, -0.2) is 0 Å². The van der Waals surface area contributed by atoms with Gasteiger partial charge in [0.05, 0.1) is 11.1 Å². The third-order valence-corrected chi connectivity index (χ3v) is 2.94. The van der Waals surface area contributed by atoms with Crippen molar-refractivity contribution in [2.75, 3.05) is 13.1 Å². The predicted molar refractivity (Wildman–Crippen MR) is 63.2 cm³/mol. The van der Waals surface area contributed by atoms with Gasteiger partial charge in [0.15, 0.2) is 0 Å². The largest absolute Gasteiger partial charge is 0.341 e. The van der Waals surface area contributed by atoms with Crippen LogP contribution < -0.4 is 5.56 Å². The highest BCUT2D eigenvalue weighted by Crippen LogP contribution is 2.09. The zero-order chi connectivity index (χ0) is 13.1. The molecular formula is C11H13N3O4. The summed E-state index contributed by atoms with van der Waals surface area (Å²) in [7, 11) is 0. The summed E-state index contributed by atoms with van der Waals surface area (Å²) < 4.78 is 1.08. The van der Waals surface area contributed by atoms with E-state index in [2.05, 4.69) is 0 Å². The van der Waals surface area contributed by atoms with E-state index in [1.807, 2.05) is 0 Å². The molecule has 1 aromatic heterocycles. The molecule has 0 atom stereocenters. The minimum Gasteiger partial charge on any atom is -0.341 e. The predicted octanol–water partition coefficient (Wildman–Crippen LogP) is 0.379. The Kier molecular flexibility index (Phi) is 3.40. The molecule has 0 radical (unpaired) electrons. The first-order valence-corrected chi connectivity index (χ1v) is 5.70. The van der Waals surface area contributed by atoms with Crippen LogP contribution in [0.25, 0.3) is 0 Å². The molecule has 0 aliphatic carbocycles. The number of carbonyl (C=O) groups excluding carboxylic acids is 1. The van der Waals surface area contributed by atoms with Crippen LogP contribution in [0.3, 0.4) is 0 Å². The van der Waals surface area contributed by atoms with Crippen LogP contribution in [0.4, 0.5) is 5.69 Å². The molecule has 0 bridgehead atoms. The van der Waals surface area contributed by atoms with E-state index in [-0.39, 0.29) is 18.1 Å². The molecule has 1 fully saturated rings. The molecule has 2 rings (SSSR count). The summed E-state index contributed by atoms with van der Waals surface area (Å²) >= 11 is 0. The first kappa shape index (κ1) is 12.3. The van der Waals surface area contributed by atoms with Crippen LogP contribution in [0.1, 0.15) is 12.8 Å². The number of pyridine rings is 1. The van der Waals surface area contributed by atoms with Crippen LogP contribution in [0.5, 0.6) is 0 Å². The molecule has 1 saturated heterocycles. The molecule has 0 unspecified atom stereocenters. The van der Waals surface area contributed by atoms with Gasteiger partial charge in [-0.3, -0.25) is 24.3 Å². The number of nitro groups is 1. The maximum Gasteiger partial charge on any atom is 0.285 e. The zero-order valence-electron chi connectivity index (χ0n) is 9.74. The fraction of sp³-hybridized carbons (Fsp3) is 0.455. The first-order chi connectivity index (χ1) is 8.58. The van der Waals surface area contributed by atoms with Crippen LogP contribution in [0, 0.1) is 10.1 Å². The lowest BCUT2D eigenvalue weighted by Crippen LogP contribution is -2.34. The van der Waals surface area contributed by atoms with E-state index < -0.39 is 10.5 Å². The highest BCUT2D eigenvalue weighted by atomic mass is 16.6. The Balaban J connectivity index is 2.17. The van der Waals surface area contributed by atoms with Gasteiger partial charge < -0.3 is 4.90 Å². The third-order valence-electron chi connectivity index (χ3n) is 2.94. The van der Waals surface area contributed by atoms with E-state index in [0.29, 0.717) is 13.1 Å². The molecule has 18 heavy (non-hydrogen) atoms. The Morgan fingerprint density at radius 1 is 1.33 bits per heavy atom. The standard InChI is InChI=1S/C11H13N3O4/c15-10-4-3-9(14(17)18)7-13(10)8-11(16)12-5-1-2-6-12/h3-4,7H,1-2,5-6,8H2. The summed E-state index contributed by atoms with van der Waals surface area (Å²) in [6.45, 7) is 1.26. The average Bonchev–Trinajstić information content (AvgIpc) is 2.85. The lowest BCUT2D eigenvalue weighted by atomic mass is 10.4. The molecule has 2 heterocycles. The lowest BCUT2D eigenvalue weighted by Gasteiger charge is -2.15. The maximum atomic E-state index is 11.8. The number of rotatable bonds is 3. The highest BCUT2D eigenvalue weighted by molar-refractivity contribution is 5.76. The molecule has 0 spiro atoms. The van der Waals surface area contributed by atoms with Crippen molar-refractivity contribution in [1.29, 1.82) is 0 Å². The average molecular weight is 251 g/mol. The third kappa shape index (κ3) is 2.55. The topological polar surface area (TPSA) is 85.5 Å². The first-order valence-electron chi connectivity index (χ1n) is 5.70. The highest BCUT2D eigenvalue weighted by Gasteiger charge is 2.19. The van der Waals surface area contributed by atoms with Crippen LogP contribution in [0.15, 0.2) is 23.1 Å². The van der Waals surface area contributed by atoms with Crippen molar-refractivity contribution in [2.45, 2.75) is 19.4 Å². The lowest BCUT2D eigenvalue weighted by molar-refractivity contribution is -0.385. The van der Waals surface area contributed by atoms with Crippen LogP contribution >= 0.6 is 0 Å². The number of nitrogens with zero attached hydrogens (tertiary/aromatic N) is 3. The summed E-state index contributed by atoms with van der Waals surface area (Å²) in [5.41, 5.74) is -0.600. The van der Waals surface area contributed by atoms with Gasteiger partial charge in [-0.1, -0.05) is 0 Å². The normalized spacial score (nSPS) is 14.8. The molecule has 0 N–H and O–H groups in total. The molecule has 1 aliphatic rings. The van der Waals surface area contributed by atoms with E-state index in [9.17, 15) is 19.7 Å². The summed E-state index contributed by atoms with van der Waals surface area (Å²) in [5.74, 6) is -0.171. The zero-order valence-corrected chi connectivity index (χ0v) is 9.74. The molecule has 96 valence electrons. The minimum absolute atomic E-state index is 0.138. The Hall–Kier alpha value is -2.18. The van der Waals surface area contributed by atoms with Crippen molar-refractivity contribution in [3.05, 3.63) is 38.8 Å². The molecule has 7 heteroatoms. The SMILES string of the molecule is O=C(Cn1cc([N+](=O)[O-])ccc1=O)N1CCCC1. The number of amides is 1. The second-order valence-electron chi connectivity index (χ2n) is 4.20. The number of hydrogen-bond donors (Lipinski definition) is 0. The number of carbonyl (C=O) groups is 1. The summed E-state index contributed by atoms with van der Waals surface area (Å²) in [4.78, 5) is 35.0. The maximum absolute atomic E-state index is 11.8. The smallest absolute Gasteiger partial charge is 0.285 e. The van der Waals surface area contributed by atoms with Gasteiger partial charge in [-0.15, -0.1) is 0 Å².